The van der Waals surface area contributed by atoms with Crippen LogP contribution in [0.1, 0.15) is 30.4 Å². The van der Waals surface area contributed by atoms with E-state index >= 15 is 0 Å². The summed E-state index contributed by atoms with van der Waals surface area (Å²) >= 11 is 0. The second-order valence-electron chi connectivity index (χ2n) is 6.10. The lowest BCUT2D eigenvalue weighted by Gasteiger charge is -2.19. The van der Waals surface area contributed by atoms with Crippen LogP contribution in [0.4, 0.5) is 0 Å². The highest BCUT2D eigenvalue weighted by Crippen LogP contribution is 2.36. The summed E-state index contributed by atoms with van der Waals surface area (Å²) in [6.07, 6.45) is -0.0604. The molecule has 3 aromatic rings. The van der Waals surface area contributed by atoms with Crippen LogP contribution in [0.3, 0.4) is 0 Å². The molecule has 2 N–H and O–H groups in total. The van der Waals surface area contributed by atoms with Crippen molar-refractivity contribution >= 4 is 16.9 Å². The third kappa shape index (κ3) is 3.79. The van der Waals surface area contributed by atoms with E-state index in [9.17, 15) is 14.7 Å². The number of methoxy groups -OCH3 is 1. The highest BCUT2D eigenvalue weighted by atomic mass is 16.5. The number of fused-ring (bicyclic) bond motifs is 1. The van der Waals surface area contributed by atoms with Crippen LogP contribution in [-0.4, -0.2) is 29.8 Å². The first kappa shape index (κ1) is 18.5. The quantitative estimate of drug-likeness (QED) is 0.653. The molecule has 0 aliphatic carbocycles. The molecule has 0 spiro atoms. The number of nitrogens with one attached hydrogen (secondary N) is 1. The Balaban J connectivity index is 2.16. The van der Waals surface area contributed by atoms with Gasteiger partial charge >= 0.3 is 5.97 Å². The van der Waals surface area contributed by atoms with E-state index in [-0.39, 0.29) is 24.3 Å². The first-order chi connectivity index (χ1) is 13.0. The Morgan fingerprint density at radius 1 is 1.15 bits per heavy atom. The lowest BCUT2D eigenvalue weighted by molar-refractivity contribution is -0.143. The number of esters is 1. The van der Waals surface area contributed by atoms with Gasteiger partial charge in [0.2, 0.25) is 0 Å². The molecule has 1 aromatic heterocycles. The van der Waals surface area contributed by atoms with E-state index in [0.29, 0.717) is 22.2 Å². The van der Waals surface area contributed by atoms with Crippen LogP contribution in [0, 0.1) is 0 Å². The Hall–Kier alpha value is -3.28. The van der Waals surface area contributed by atoms with Crippen molar-refractivity contribution in [3.63, 3.8) is 0 Å². The zero-order chi connectivity index (χ0) is 19.4. The van der Waals surface area contributed by atoms with Gasteiger partial charge in [0.25, 0.3) is 5.56 Å². The predicted octanol–water partition coefficient (Wildman–Crippen LogP) is 3.33. The van der Waals surface area contributed by atoms with Gasteiger partial charge in [0, 0.05) is 11.3 Å². The van der Waals surface area contributed by atoms with Crippen LogP contribution < -0.4 is 10.3 Å². The molecule has 6 heteroatoms. The number of benzene rings is 2. The molecule has 0 fully saturated rings. The van der Waals surface area contributed by atoms with Gasteiger partial charge < -0.3 is 19.6 Å². The number of aromatic amines is 1. The molecular formula is C21H21NO5. The number of H-pyrrole nitrogens is 1. The van der Waals surface area contributed by atoms with Crippen molar-refractivity contribution in [1.82, 2.24) is 4.98 Å². The summed E-state index contributed by atoms with van der Waals surface area (Å²) in [5, 5.41) is 11.3. The molecule has 1 atom stereocenters. The number of pyridine rings is 1. The Bertz CT molecular complexity index is 1010. The Labute approximate surface area is 156 Å². The van der Waals surface area contributed by atoms with Gasteiger partial charge in [-0.25, -0.2) is 0 Å². The smallest absolute Gasteiger partial charge is 0.306 e. The lowest BCUT2D eigenvalue weighted by Crippen LogP contribution is -2.20. The minimum absolute atomic E-state index is 0.0604. The summed E-state index contributed by atoms with van der Waals surface area (Å²) in [4.78, 5) is 27.7. The van der Waals surface area contributed by atoms with Crippen LogP contribution in [0.25, 0.3) is 10.9 Å². The van der Waals surface area contributed by atoms with Crippen LogP contribution >= 0.6 is 0 Å². The summed E-state index contributed by atoms with van der Waals surface area (Å²) in [5.74, 6) is -0.557. The average Bonchev–Trinajstić information content (AvgIpc) is 2.67. The fourth-order valence-electron chi connectivity index (χ4n) is 3.17. The molecule has 6 nitrogen and oxygen atoms in total. The van der Waals surface area contributed by atoms with Gasteiger partial charge in [0.05, 0.1) is 31.2 Å². The number of hydrogen-bond acceptors (Lipinski definition) is 5. The Kier molecular flexibility index (Phi) is 5.45. The molecule has 0 aliphatic rings. The first-order valence-electron chi connectivity index (χ1n) is 8.68. The number of carbonyl (C=O) groups is 1. The topological polar surface area (TPSA) is 88.6 Å². The van der Waals surface area contributed by atoms with Crippen molar-refractivity contribution in [2.75, 3.05) is 13.7 Å². The summed E-state index contributed by atoms with van der Waals surface area (Å²) < 4.78 is 10.2. The van der Waals surface area contributed by atoms with Gasteiger partial charge in [-0.15, -0.1) is 0 Å². The largest absolute Gasteiger partial charge is 0.507 e. The number of hydrogen-bond donors (Lipinski definition) is 2. The van der Waals surface area contributed by atoms with Gasteiger partial charge in [-0.05, 0) is 36.8 Å². The molecule has 0 aliphatic heterocycles. The number of carbonyl (C=O) groups excluding carboxylic acids is 1. The Morgan fingerprint density at radius 2 is 1.85 bits per heavy atom. The summed E-state index contributed by atoms with van der Waals surface area (Å²) in [6, 6.07) is 14.0. The molecule has 0 amide bonds. The highest BCUT2D eigenvalue weighted by Gasteiger charge is 2.26. The molecule has 27 heavy (non-hydrogen) atoms. The molecule has 0 saturated heterocycles. The number of aromatic nitrogens is 1. The summed E-state index contributed by atoms with van der Waals surface area (Å²) in [5.41, 5.74) is 0.955. The molecule has 3 rings (SSSR count). The summed E-state index contributed by atoms with van der Waals surface area (Å²) in [6.45, 7) is 1.97. The second kappa shape index (κ2) is 7.95. The number of ether oxygens (including phenoxy) is 2. The maximum atomic E-state index is 12.7. The average molecular weight is 367 g/mol. The minimum atomic E-state index is -0.650. The lowest BCUT2D eigenvalue weighted by atomic mass is 9.88. The maximum Gasteiger partial charge on any atom is 0.306 e. The molecule has 1 heterocycles. The van der Waals surface area contributed by atoms with Crippen LogP contribution in [-0.2, 0) is 9.53 Å². The third-order valence-electron chi connectivity index (χ3n) is 4.47. The summed E-state index contributed by atoms with van der Waals surface area (Å²) in [7, 11) is 1.56. The van der Waals surface area contributed by atoms with Gasteiger partial charge in [0.15, 0.2) is 0 Å². The van der Waals surface area contributed by atoms with Crippen molar-refractivity contribution < 1.29 is 19.4 Å². The third-order valence-corrected chi connectivity index (χ3v) is 4.47. The van der Waals surface area contributed by atoms with E-state index in [1.54, 1.807) is 62.6 Å². The zero-order valence-electron chi connectivity index (χ0n) is 15.2. The molecule has 140 valence electrons. The van der Waals surface area contributed by atoms with Gasteiger partial charge in [0.1, 0.15) is 11.5 Å². The molecule has 0 bridgehead atoms. The fourth-order valence-corrected chi connectivity index (χ4v) is 3.17. The maximum absolute atomic E-state index is 12.7. The number of aromatic hydroxyl groups is 1. The molecule has 2 aromatic carbocycles. The van der Waals surface area contributed by atoms with Crippen LogP contribution in [0.15, 0.2) is 53.3 Å². The monoisotopic (exact) mass is 367 g/mol. The molecule has 0 radical (unpaired) electrons. The Morgan fingerprint density at radius 3 is 2.52 bits per heavy atom. The van der Waals surface area contributed by atoms with Crippen molar-refractivity contribution in [3.05, 3.63) is 70.0 Å². The number of rotatable bonds is 6. The minimum Gasteiger partial charge on any atom is -0.507 e. The zero-order valence-corrected chi connectivity index (χ0v) is 15.2. The van der Waals surface area contributed by atoms with Crippen molar-refractivity contribution in [1.29, 1.82) is 0 Å². The van der Waals surface area contributed by atoms with Crippen LogP contribution in [0.2, 0.25) is 0 Å². The predicted molar refractivity (Wildman–Crippen MR) is 102 cm³/mol. The van der Waals surface area contributed by atoms with E-state index in [2.05, 4.69) is 4.98 Å². The van der Waals surface area contributed by atoms with E-state index in [1.807, 2.05) is 0 Å². The standard InChI is InChI=1S/C21H21NO5/c1-3-27-18(23)12-16(13-8-10-14(26-2)11-9-13)19-20(24)15-6-4-5-7-17(15)22-21(19)25/h4-11,16H,3,12H2,1-2H3,(H2,22,24,25). The molecular weight excluding hydrogens is 346 g/mol. The van der Waals surface area contributed by atoms with E-state index < -0.39 is 17.4 Å². The van der Waals surface area contributed by atoms with Crippen molar-refractivity contribution in [2.24, 2.45) is 0 Å². The van der Waals surface area contributed by atoms with Gasteiger partial charge in [-0.2, -0.15) is 0 Å². The molecule has 0 saturated carbocycles. The first-order valence-corrected chi connectivity index (χ1v) is 8.68. The van der Waals surface area contributed by atoms with Gasteiger partial charge in [-0.1, -0.05) is 24.3 Å². The number of para-hydroxylation sites is 1. The van der Waals surface area contributed by atoms with Gasteiger partial charge in [-0.3, -0.25) is 9.59 Å². The second-order valence-corrected chi connectivity index (χ2v) is 6.10. The van der Waals surface area contributed by atoms with E-state index in [0.717, 1.165) is 0 Å². The van der Waals surface area contributed by atoms with E-state index in [1.165, 1.54) is 0 Å². The normalized spacial score (nSPS) is 11.9. The SMILES string of the molecule is CCOC(=O)CC(c1ccc(OC)cc1)c1c(O)c2ccccc2[nH]c1=O. The fraction of sp³-hybridized carbons (Fsp3) is 0.238. The molecule has 1 unspecified atom stereocenters. The van der Waals surface area contributed by atoms with Crippen molar-refractivity contribution in [2.45, 2.75) is 19.3 Å². The van der Waals surface area contributed by atoms with E-state index in [4.69, 9.17) is 9.47 Å². The highest BCUT2D eigenvalue weighted by molar-refractivity contribution is 5.86. The van der Waals surface area contributed by atoms with Crippen molar-refractivity contribution in [3.8, 4) is 11.5 Å². The van der Waals surface area contributed by atoms with Crippen LogP contribution in [0.5, 0.6) is 11.5 Å².